The molecule has 3 N–H and O–H groups in total. The van der Waals surface area contributed by atoms with Crippen molar-refractivity contribution in [3.63, 3.8) is 0 Å². The molecule has 0 bridgehead atoms. The lowest BCUT2D eigenvalue weighted by Gasteiger charge is -2.19. The molecule has 0 aliphatic carbocycles. The number of carbonyl (C=O) groups is 1. The lowest BCUT2D eigenvalue weighted by molar-refractivity contribution is 0.0953. The number of nitrogens with one attached hydrogen (secondary N) is 1. The maximum Gasteiger partial charge on any atom is 0.253 e. The van der Waals surface area contributed by atoms with E-state index in [1.165, 1.54) is 0 Å². The van der Waals surface area contributed by atoms with Gasteiger partial charge in [0, 0.05) is 40.0 Å². The van der Waals surface area contributed by atoms with Gasteiger partial charge in [0.2, 0.25) is 0 Å². The Bertz CT molecular complexity index is 775. The minimum atomic E-state index is -0.169. The number of benzene rings is 1. The predicted molar refractivity (Wildman–Crippen MR) is 99.7 cm³/mol. The molecule has 0 fully saturated rings. The molecule has 1 aromatic heterocycles. The molecule has 6 heteroatoms. The third-order valence-electron chi connectivity index (χ3n) is 3.85. The van der Waals surface area contributed by atoms with Crippen molar-refractivity contribution in [1.82, 2.24) is 10.3 Å². The standard InChI is InChI=1S/C18H21Cl2N3O/c1-4-7-22-18(24)16-11(3)23-10(2)14(9-21)17(16)13-6-5-12(19)8-15(13)20/h5-6,8H,4,7,9,21H2,1-3H3,(H,22,24). The number of amides is 1. The van der Waals surface area contributed by atoms with Crippen molar-refractivity contribution >= 4 is 29.1 Å². The molecule has 2 rings (SSSR count). The van der Waals surface area contributed by atoms with Crippen LogP contribution in [0.3, 0.4) is 0 Å². The van der Waals surface area contributed by atoms with Crippen LogP contribution in [0, 0.1) is 13.8 Å². The summed E-state index contributed by atoms with van der Waals surface area (Å²) >= 11 is 12.4. The van der Waals surface area contributed by atoms with Gasteiger partial charge >= 0.3 is 0 Å². The fourth-order valence-electron chi connectivity index (χ4n) is 2.73. The van der Waals surface area contributed by atoms with Crippen LogP contribution in [0.4, 0.5) is 0 Å². The first kappa shape index (κ1) is 18.7. The molecule has 0 atom stereocenters. The molecule has 1 heterocycles. The number of nitrogens with zero attached hydrogens (tertiary/aromatic N) is 1. The molecule has 1 amide bonds. The summed E-state index contributed by atoms with van der Waals surface area (Å²) in [5, 5.41) is 3.93. The smallest absolute Gasteiger partial charge is 0.253 e. The highest BCUT2D eigenvalue weighted by Crippen LogP contribution is 2.36. The van der Waals surface area contributed by atoms with Gasteiger partial charge in [-0.25, -0.2) is 0 Å². The van der Waals surface area contributed by atoms with E-state index in [1.54, 1.807) is 12.1 Å². The fourth-order valence-corrected chi connectivity index (χ4v) is 3.23. The highest BCUT2D eigenvalue weighted by atomic mass is 35.5. The maximum atomic E-state index is 12.7. The summed E-state index contributed by atoms with van der Waals surface area (Å²) < 4.78 is 0. The number of nitrogens with two attached hydrogens (primary N) is 1. The summed E-state index contributed by atoms with van der Waals surface area (Å²) in [5.41, 5.74) is 10.2. The SMILES string of the molecule is CCCNC(=O)c1c(C)nc(C)c(CN)c1-c1ccc(Cl)cc1Cl. The number of pyridine rings is 1. The monoisotopic (exact) mass is 365 g/mol. The molecule has 2 aromatic rings. The van der Waals surface area contributed by atoms with Crippen LogP contribution >= 0.6 is 23.2 Å². The highest BCUT2D eigenvalue weighted by Gasteiger charge is 2.23. The average Bonchev–Trinajstić information content (AvgIpc) is 2.52. The summed E-state index contributed by atoms with van der Waals surface area (Å²) in [6.07, 6.45) is 0.852. The van der Waals surface area contributed by atoms with Gasteiger partial charge in [0.05, 0.1) is 11.3 Å². The Hall–Kier alpha value is -1.62. The first-order chi connectivity index (χ1) is 11.4. The molecule has 0 radical (unpaired) electrons. The van der Waals surface area contributed by atoms with Crippen LogP contribution < -0.4 is 11.1 Å². The molecule has 0 unspecified atom stereocenters. The van der Waals surface area contributed by atoms with Gasteiger partial charge in [-0.1, -0.05) is 36.2 Å². The number of hydrogen-bond acceptors (Lipinski definition) is 3. The molecule has 128 valence electrons. The van der Waals surface area contributed by atoms with Gasteiger partial charge in [0.1, 0.15) is 0 Å². The van der Waals surface area contributed by atoms with E-state index in [9.17, 15) is 4.79 Å². The number of hydrogen-bond donors (Lipinski definition) is 2. The Morgan fingerprint density at radius 3 is 2.54 bits per heavy atom. The van der Waals surface area contributed by atoms with Crippen molar-refractivity contribution in [1.29, 1.82) is 0 Å². The van der Waals surface area contributed by atoms with Crippen molar-refractivity contribution in [2.45, 2.75) is 33.7 Å². The highest BCUT2D eigenvalue weighted by molar-refractivity contribution is 6.36. The normalized spacial score (nSPS) is 10.8. The summed E-state index contributed by atoms with van der Waals surface area (Å²) in [7, 11) is 0. The summed E-state index contributed by atoms with van der Waals surface area (Å²) in [6, 6.07) is 5.23. The van der Waals surface area contributed by atoms with Crippen molar-refractivity contribution < 1.29 is 4.79 Å². The minimum Gasteiger partial charge on any atom is -0.352 e. The molecular formula is C18H21Cl2N3O. The number of aromatic nitrogens is 1. The Balaban J connectivity index is 2.77. The first-order valence-electron chi connectivity index (χ1n) is 7.84. The van der Waals surface area contributed by atoms with E-state index in [0.29, 0.717) is 27.8 Å². The van der Waals surface area contributed by atoms with Crippen molar-refractivity contribution in [3.05, 3.63) is 50.8 Å². The zero-order valence-corrected chi connectivity index (χ0v) is 15.6. The van der Waals surface area contributed by atoms with E-state index in [4.69, 9.17) is 28.9 Å². The van der Waals surface area contributed by atoms with Gasteiger partial charge in [0.25, 0.3) is 5.91 Å². The largest absolute Gasteiger partial charge is 0.352 e. The zero-order valence-electron chi connectivity index (χ0n) is 14.0. The first-order valence-corrected chi connectivity index (χ1v) is 8.60. The van der Waals surface area contributed by atoms with Gasteiger partial charge in [-0.05, 0) is 38.0 Å². The second kappa shape index (κ2) is 7.97. The van der Waals surface area contributed by atoms with E-state index in [2.05, 4.69) is 10.3 Å². The third kappa shape index (κ3) is 3.72. The van der Waals surface area contributed by atoms with E-state index >= 15 is 0 Å². The minimum absolute atomic E-state index is 0.169. The second-order valence-electron chi connectivity index (χ2n) is 5.60. The van der Waals surface area contributed by atoms with Gasteiger partial charge in [0.15, 0.2) is 0 Å². The number of aryl methyl sites for hydroxylation is 2. The molecule has 0 saturated heterocycles. The number of rotatable bonds is 5. The van der Waals surface area contributed by atoms with Crippen molar-refractivity contribution in [2.24, 2.45) is 5.73 Å². The Labute approximate surface area is 152 Å². The molecule has 0 aliphatic rings. The van der Waals surface area contributed by atoms with Crippen LogP contribution in [-0.4, -0.2) is 17.4 Å². The van der Waals surface area contributed by atoms with Gasteiger partial charge in [-0.15, -0.1) is 0 Å². The van der Waals surface area contributed by atoms with Crippen molar-refractivity contribution in [3.8, 4) is 11.1 Å². The Kier molecular flexibility index (Phi) is 6.21. The summed E-state index contributed by atoms with van der Waals surface area (Å²) in [4.78, 5) is 17.2. The van der Waals surface area contributed by atoms with Crippen LogP contribution in [0.15, 0.2) is 18.2 Å². The quantitative estimate of drug-likeness (QED) is 0.830. The maximum absolute atomic E-state index is 12.7. The van der Waals surface area contributed by atoms with E-state index in [-0.39, 0.29) is 12.5 Å². The molecule has 4 nitrogen and oxygen atoms in total. The van der Waals surface area contributed by atoms with Crippen molar-refractivity contribution in [2.75, 3.05) is 6.54 Å². The number of halogens is 2. The van der Waals surface area contributed by atoms with E-state index in [1.807, 2.05) is 26.8 Å². The van der Waals surface area contributed by atoms with Crippen LogP contribution in [0.25, 0.3) is 11.1 Å². The topological polar surface area (TPSA) is 68.0 Å². The zero-order chi connectivity index (χ0) is 17.9. The van der Waals surface area contributed by atoms with Gasteiger partial charge in [-0.3, -0.25) is 9.78 Å². The Morgan fingerprint density at radius 1 is 1.25 bits per heavy atom. The van der Waals surface area contributed by atoms with Gasteiger partial charge in [-0.2, -0.15) is 0 Å². The molecular weight excluding hydrogens is 345 g/mol. The lowest BCUT2D eigenvalue weighted by Crippen LogP contribution is -2.27. The van der Waals surface area contributed by atoms with Crippen LogP contribution in [0.2, 0.25) is 10.0 Å². The lowest BCUT2D eigenvalue weighted by atomic mass is 9.92. The van der Waals surface area contributed by atoms with E-state index < -0.39 is 0 Å². The summed E-state index contributed by atoms with van der Waals surface area (Å²) in [5.74, 6) is -0.169. The molecule has 24 heavy (non-hydrogen) atoms. The van der Waals surface area contributed by atoms with Crippen LogP contribution in [-0.2, 0) is 6.54 Å². The second-order valence-corrected chi connectivity index (χ2v) is 6.44. The third-order valence-corrected chi connectivity index (χ3v) is 4.40. The molecule has 1 aromatic carbocycles. The average molecular weight is 366 g/mol. The predicted octanol–water partition coefficient (Wildman–Crippen LogP) is 4.27. The van der Waals surface area contributed by atoms with Crippen LogP contribution in [0.1, 0.15) is 40.7 Å². The van der Waals surface area contributed by atoms with E-state index in [0.717, 1.165) is 28.8 Å². The summed E-state index contributed by atoms with van der Waals surface area (Å²) in [6.45, 7) is 6.57. The molecule has 0 aliphatic heterocycles. The molecule has 0 saturated carbocycles. The number of carbonyl (C=O) groups excluding carboxylic acids is 1. The van der Waals surface area contributed by atoms with Crippen LogP contribution in [0.5, 0.6) is 0 Å². The van der Waals surface area contributed by atoms with Gasteiger partial charge < -0.3 is 11.1 Å². The fraction of sp³-hybridized carbons (Fsp3) is 0.333. The molecule has 0 spiro atoms. The Morgan fingerprint density at radius 2 is 1.96 bits per heavy atom.